The fourth-order valence-electron chi connectivity index (χ4n) is 5.09. The Balaban J connectivity index is 1.20. The number of benzene rings is 1. The lowest BCUT2D eigenvalue weighted by atomic mass is 9.85. The maximum absolute atomic E-state index is 12.9. The fraction of sp³-hybridized carbons (Fsp3) is 0.500. The van der Waals surface area contributed by atoms with Gasteiger partial charge in [0, 0.05) is 44.1 Å². The molecular weight excluding hydrogens is 470 g/mol. The Kier molecular flexibility index (Phi) is 9.48. The molecule has 0 aliphatic carbocycles. The van der Waals surface area contributed by atoms with Gasteiger partial charge >= 0.3 is 5.97 Å². The van der Waals surface area contributed by atoms with Gasteiger partial charge in [0.2, 0.25) is 5.91 Å². The molecule has 9 heteroatoms. The van der Waals surface area contributed by atoms with Gasteiger partial charge in [0.1, 0.15) is 0 Å². The van der Waals surface area contributed by atoms with Crippen LogP contribution in [0.25, 0.3) is 0 Å². The van der Waals surface area contributed by atoms with E-state index in [4.69, 9.17) is 0 Å². The van der Waals surface area contributed by atoms with Gasteiger partial charge in [0.15, 0.2) is 5.96 Å². The average molecular weight is 508 g/mol. The summed E-state index contributed by atoms with van der Waals surface area (Å²) in [5, 5.41) is 25.2. The van der Waals surface area contributed by atoms with Crippen LogP contribution in [-0.4, -0.2) is 70.2 Å². The van der Waals surface area contributed by atoms with Gasteiger partial charge in [-0.05, 0) is 73.3 Å². The molecule has 2 atom stereocenters. The molecule has 2 unspecified atom stereocenters. The molecule has 0 radical (unpaired) electrons. The predicted octanol–water partition coefficient (Wildman–Crippen LogP) is 3.02. The van der Waals surface area contributed by atoms with E-state index in [0.717, 1.165) is 55.6 Å². The molecule has 0 saturated carbocycles. The summed E-state index contributed by atoms with van der Waals surface area (Å²) in [5.41, 5.74) is 2.98. The second-order valence-electron chi connectivity index (χ2n) is 10.0. The van der Waals surface area contributed by atoms with Crippen molar-refractivity contribution in [2.24, 2.45) is 10.9 Å². The van der Waals surface area contributed by atoms with Crippen LogP contribution >= 0.6 is 0 Å². The number of carbonyl (C=O) groups is 2. The van der Waals surface area contributed by atoms with Crippen LogP contribution < -0.4 is 10.6 Å². The van der Waals surface area contributed by atoms with Gasteiger partial charge in [0.25, 0.3) is 0 Å². The van der Waals surface area contributed by atoms with Crippen molar-refractivity contribution in [3.63, 3.8) is 0 Å². The third kappa shape index (κ3) is 8.28. The van der Waals surface area contributed by atoms with Crippen LogP contribution in [0.4, 0.5) is 5.69 Å². The largest absolute Gasteiger partial charge is 0.481 e. The van der Waals surface area contributed by atoms with Crippen molar-refractivity contribution < 1.29 is 19.8 Å². The van der Waals surface area contributed by atoms with Gasteiger partial charge < -0.3 is 25.7 Å². The minimum Gasteiger partial charge on any atom is -0.481 e. The molecule has 37 heavy (non-hydrogen) atoms. The van der Waals surface area contributed by atoms with Gasteiger partial charge in [-0.1, -0.05) is 18.2 Å². The molecule has 2 aromatic rings. The molecule has 1 fully saturated rings. The normalized spacial score (nSPS) is 19.0. The summed E-state index contributed by atoms with van der Waals surface area (Å²) in [7, 11) is 0. The van der Waals surface area contributed by atoms with E-state index in [0.29, 0.717) is 37.8 Å². The van der Waals surface area contributed by atoms with E-state index in [1.54, 1.807) is 12.4 Å². The number of aromatic nitrogens is 1. The molecule has 0 bridgehead atoms. The molecule has 198 valence electrons. The second kappa shape index (κ2) is 13.2. The van der Waals surface area contributed by atoms with E-state index >= 15 is 0 Å². The Labute approximate surface area is 218 Å². The highest BCUT2D eigenvalue weighted by molar-refractivity contribution is 5.94. The van der Waals surface area contributed by atoms with E-state index in [-0.39, 0.29) is 18.2 Å². The predicted molar refractivity (Wildman–Crippen MR) is 142 cm³/mol. The molecule has 1 amide bonds. The number of nitrogens with one attached hydrogen (secondary N) is 2. The molecule has 4 N–H and O–H groups in total. The van der Waals surface area contributed by atoms with Crippen molar-refractivity contribution in [3.8, 4) is 0 Å². The van der Waals surface area contributed by atoms with E-state index in [1.165, 1.54) is 0 Å². The molecule has 4 rings (SSSR count). The van der Waals surface area contributed by atoms with Crippen LogP contribution in [0.1, 0.15) is 55.6 Å². The van der Waals surface area contributed by atoms with Gasteiger partial charge in [-0.3, -0.25) is 19.6 Å². The zero-order valence-corrected chi connectivity index (χ0v) is 21.2. The number of aryl methyl sites for hydroxylation is 1. The Morgan fingerprint density at radius 2 is 2.03 bits per heavy atom. The van der Waals surface area contributed by atoms with Crippen molar-refractivity contribution >= 4 is 23.5 Å². The van der Waals surface area contributed by atoms with E-state index in [2.05, 4.69) is 20.6 Å². The highest BCUT2D eigenvalue weighted by Crippen LogP contribution is 2.30. The van der Waals surface area contributed by atoms with Crippen LogP contribution in [0.5, 0.6) is 0 Å². The SMILES string of the molecule is O=C(O)CC(CCC1CCN(C(=O)CCc2cccc(NC3=NCC(O)CN3)c2)CC1)c1cccnc1. The highest BCUT2D eigenvalue weighted by Gasteiger charge is 2.24. The molecule has 0 spiro atoms. The smallest absolute Gasteiger partial charge is 0.303 e. The Hall–Kier alpha value is -3.46. The van der Waals surface area contributed by atoms with Crippen LogP contribution in [0.2, 0.25) is 0 Å². The lowest BCUT2D eigenvalue weighted by Crippen LogP contribution is -2.42. The standard InChI is InChI=1S/C28H37N5O4/c34-25-18-30-28(31-19-25)32-24-5-1-3-21(15-24)7-9-26(35)33-13-10-20(11-14-33)6-8-22(16-27(36)37)23-4-2-12-29-17-23/h1-5,12,15,17,20,22,25,34H,6-11,13-14,16,18-19H2,(H,36,37)(H2,30,31,32). The zero-order chi connectivity index (χ0) is 26.0. The highest BCUT2D eigenvalue weighted by atomic mass is 16.4. The number of β-amino-alcohol motifs (C(OH)–C–C–N with tert-alkyl or cyclic N) is 1. The Bertz CT molecular complexity index is 1070. The quantitative estimate of drug-likeness (QED) is 0.389. The van der Waals surface area contributed by atoms with Crippen molar-refractivity contribution in [2.45, 2.75) is 57.0 Å². The lowest BCUT2D eigenvalue weighted by Gasteiger charge is -2.32. The Morgan fingerprint density at radius 3 is 2.73 bits per heavy atom. The maximum Gasteiger partial charge on any atom is 0.303 e. The van der Waals surface area contributed by atoms with E-state index in [1.807, 2.05) is 41.3 Å². The van der Waals surface area contributed by atoms with Crippen molar-refractivity contribution in [2.75, 3.05) is 31.5 Å². The number of anilines is 1. The maximum atomic E-state index is 12.9. The summed E-state index contributed by atoms with van der Waals surface area (Å²) >= 11 is 0. The van der Waals surface area contributed by atoms with Crippen LogP contribution in [-0.2, 0) is 16.0 Å². The summed E-state index contributed by atoms with van der Waals surface area (Å²) in [5.74, 6) is 0.537. The van der Waals surface area contributed by atoms with E-state index in [9.17, 15) is 19.8 Å². The van der Waals surface area contributed by atoms with Gasteiger partial charge in [-0.15, -0.1) is 0 Å². The average Bonchev–Trinajstić information content (AvgIpc) is 2.92. The molecule has 3 heterocycles. The number of hydrogen-bond acceptors (Lipinski definition) is 7. The Morgan fingerprint density at radius 1 is 1.19 bits per heavy atom. The number of aliphatic carboxylic acids is 1. The number of guanidine groups is 1. The number of likely N-dealkylation sites (tertiary alicyclic amines) is 1. The molecule has 1 aromatic carbocycles. The number of aliphatic hydroxyl groups excluding tert-OH is 1. The van der Waals surface area contributed by atoms with Crippen LogP contribution in [0.3, 0.4) is 0 Å². The van der Waals surface area contributed by atoms with Gasteiger partial charge in [0.05, 0.1) is 19.1 Å². The molecule has 1 aromatic heterocycles. The first-order chi connectivity index (χ1) is 18.0. The molecule has 2 aliphatic rings. The fourth-order valence-corrected chi connectivity index (χ4v) is 5.09. The first kappa shape index (κ1) is 26.6. The topological polar surface area (TPSA) is 127 Å². The van der Waals surface area contributed by atoms with Crippen LogP contribution in [0, 0.1) is 5.92 Å². The molecule has 2 aliphatic heterocycles. The summed E-state index contributed by atoms with van der Waals surface area (Å²) in [6.45, 7) is 2.38. The number of hydrogen-bond donors (Lipinski definition) is 4. The first-order valence-corrected chi connectivity index (χ1v) is 13.2. The number of pyridine rings is 1. The van der Waals surface area contributed by atoms with E-state index < -0.39 is 12.1 Å². The van der Waals surface area contributed by atoms with Crippen molar-refractivity contribution in [1.82, 2.24) is 15.2 Å². The first-order valence-electron chi connectivity index (χ1n) is 13.2. The number of piperidine rings is 1. The number of aliphatic imine (C=N–C) groups is 1. The summed E-state index contributed by atoms with van der Waals surface area (Å²) in [6.07, 6.45) is 8.00. The molecule has 1 saturated heterocycles. The number of rotatable bonds is 10. The lowest BCUT2D eigenvalue weighted by molar-refractivity contribution is -0.137. The molecule has 9 nitrogen and oxygen atoms in total. The minimum atomic E-state index is -0.783. The summed E-state index contributed by atoms with van der Waals surface area (Å²) < 4.78 is 0. The van der Waals surface area contributed by atoms with Crippen LogP contribution in [0.15, 0.2) is 53.8 Å². The second-order valence-corrected chi connectivity index (χ2v) is 10.0. The van der Waals surface area contributed by atoms with Gasteiger partial charge in [-0.25, -0.2) is 0 Å². The summed E-state index contributed by atoms with van der Waals surface area (Å²) in [4.78, 5) is 34.6. The van der Waals surface area contributed by atoms with Crippen molar-refractivity contribution in [1.29, 1.82) is 0 Å². The van der Waals surface area contributed by atoms with Crippen molar-refractivity contribution in [3.05, 3.63) is 59.9 Å². The monoisotopic (exact) mass is 507 g/mol. The number of nitrogens with zero attached hydrogens (tertiary/aromatic N) is 3. The number of carboxylic acid groups (broad SMARTS) is 1. The number of aliphatic hydroxyl groups is 1. The third-order valence-electron chi connectivity index (χ3n) is 7.25. The summed E-state index contributed by atoms with van der Waals surface area (Å²) in [6, 6.07) is 11.8. The number of amides is 1. The zero-order valence-electron chi connectivity index (χ0n) is 21.2. The molecular formula is C28H37N5O4. The minimum absolute atomic E-state index is 0.0244. The third-order valence-corrected chi connectivity index (χ3v) is 7.25. The van der Waals surface area contributed by atoms with Gasteiger partial charge in [-0.2, -0.15) is 0 Å². The number of carbonyl (C=O) groups excluding carboxylic acids is 1. The number of carboxylic acids is 1.